The molecule has 0 aromatic rings. The van der Waals surface area contributed by atoms with Crippen molar-refractivity contribution in [2.75, 3.05) is 0 Å². The second kappa shape index (κ2) is 2.72. The van der Waals surface area contributed by atoms with Gasteiger partial charge in [0.1, 0.15) is 4.75 Å². The number of hydrogen-bond acceptors (Lipinski definition) is 2. The van der Waals surface area contributed by atoms with Gasteiger partial charge in [-0.2, -0.15) is 0 Å². The lowest BCUT2D eigenvalue weighted by atomic mass is 10.3. The summed E-state index contributed by atoms with van der Waals surface area (Å²) >= 11 is -0.855. The van der Waals surface area contributed by atoms with E-state index < -0.39 is 11.4 Å². The lowest BCUT2D eigenvalue weighted by Gasteiger charge is -2.23. The van der Waals surface area contributed by atoms with Gasteiger partial charge in [0.05, 0.1) is 6.04 Å². The molecule has 1 fully saturated rings. The molecule has 0 radical (unpaired) electrons. The molecule has 0 aromatic heterocycles. The Morgan fingerprint density at radius 1 is 1.40 bits per heavy atom. The molecule has 1 rings (SSSR count). The van der Waals surface area contributed by atoms with Gasteiger partial charge >= 0.3 is 0 Å². The van der Waals surface area contributed by atoms with Gasteiger partial charge < -0.3 is 4.55 Å². The van der Waals surface area contributed by atoms with Crippen molar-refractivity contribution < 1.29 is 4.55 Å². The third-order valence-electron chi connectivity index (χ3n) is 1.41. The molecule has 60 valence electrons. The quantitative estimate of drug-likeness (QED) is 0.618. The van der Waals surface area contributed by atoms with Crippen molar-refractivity contribution in [3.63, 3.8) is 0 Å². The lowest BCUT2D eigenvalue weighted by Crippen LogP contribution is -2.40. The van der Waals surface area contributed by atoms with Gasteiger partial charge in [-0.25, -0.2) is 0 Å². The lowest BCUT2D eigenvalue weighted by molar-refractivity contribution is 0.543. The van der Waals surface area contributed by atoms with Crippen LogP contribution in [-0.4, -0.2) is 15.3 Å². The first-order valence-electron chi connectivity index (χ1n) is 3.68. The van der Waals surface area contributed by atoms with Crippen LogP contribution in [0.15, 0.2) is 0 Å². The molecule has 0 heterocycles. The summed E-state index contributed by atoms with van der Waals surface area (Å²) in [4.78, 5) is 0. The van der Waals surface area contributed by atoms with Crippen LogP contribution < -0.4 is 4.72 Å². The second-order valence-corrected chi connectivity index (χ2v) is 5.77. The fourth-order valence-electron chi connectivity index (χ4n) is 0.529. The van der Waals surface area contributed by atoms with Gasteiger partial charge in [0.15, 0.2) is 0 Å². The summed E-state index contributed by atoms with van der Waals surface area (Å²) in [6.45, 7) is 5.95. The molecule has 0 aliphatic heterocycles. The molecule has 0 aromatic carbocycles. The Morgan fingerprint density at radius 3 is 2.20 bits per heavy atom. The maximum atomic E-state index is 11.3. The molecular weight excluding hydrogens is 146 g/mol. The van der Waals surface area contributed by atoms with Crippen molar-refractivity contribution >= 4 is 11.4 Å². The highest BCUT2D eigenvalue weighted by atomic mass is 32.2. The molecule has 0 saturated heterocycles. The topological polar surface area (TPSA) is 35.1 Å². The molecule has 0 amide bonds. The van der Waals surface area contributed by atoms with Gasteiger partial charge in [-0.05, 0) is 33.6 Å². The number of rotatable bonds is 2. The van der Waals surface area contributed by atoms with E-state index in [2.05, 4.69) is 4.72 Å². The van der Waals surface area contributed by atoms with Crippen LogP contribution in [0.3, 0.4) is 0 Å². The molecule has 1 N–H and O–H groups in total. The molecule has 1 aliphatic rings. The second-order valence-electron chi connectivity index (χ2n) is 3.77. The monoisotopic (exact) mass is 161 g/mol. The molecule has 1 atom stereocenters. The van der Waals surface area contributed by atoms with E-state index in [1.165, 1.54) is 12.8 Å². The minimum absolute atomic E-state index is 0.109. The van der Waals surface area contributed by atoms with Crippen molar-refractivity contribution in [3.8, 4) is 0 Å². The highest BCUT2D eigenvalue weighted by Crippen LogP contribution is 2.23. The average Bonchev–Trinajstić information content (AvgIpc) is 2.47. The first-order valence-corrected chi connectivity index (χ1v) is 4.83. The Morgan fingerprint density at radius 2 is 1.90 bits per heavy atom. The van der Waals surface area contributed by atoms with Gasteiger partial charge in [0.25, 0.3) is 0 Å². The van der Waals surface area contributed by atoms with Gasteiger partial charge in [-0.15, -0.1) is 4.72 Å². The smallest absolute Gasteiger partial charge is 0.136 e. The van der Waals surface area contributed by atoms with Gasteiger partial charge in [-0.1, -0.05) is 0 Å². The predicted octanol–water partition coefficient (Wildman–Crippen LogP) is 1.20. The molecule has 1 unspecified atom stereocenters. The highest BCUT2D eigenvalue weighted by molar-refractivity contribution is 7.90. The van der Waals surface area contributed by atoms with E-state index in [9.17, 15) is 4.55 Å². The summed E-state index contributed by atoms with van der Waals surface area (Å²) in [7, 11) is 0. The molecule has 0 spiro atoms. The Bertz CT molecular complexity index is 117. The van der Waals surface area contributed by atoms with E-state index in [0.29, 0.717) is 6.04 Å². The molecular formula is C7H15NOS. The SMILES string of the molecule is CC(C)(C)[S+]([O-])NC1CC1. The average molecular weight is 161 g/mol. The van der Waals surface area contributed by atoms with E-state index in [0.717, 1.165) is 0 Å². The molecule has 0 bridgehead atoms. The fourth-order valence-corrected chi connectivity index (χ4v) is 1.42. The van der Waals surface area contributed by atoms with Gasteiger partial charge in [0.2, 0.25) is 0 Å². The summed E-state index contributed by atoms with van der Waals surface area (Å²) < 4.78 is 14.3. The maximum Gasteiger partial charge on any atom is 0.136 e. The van der Waals surface area contributed by atoms with Crippen LogP contribution in [0.2, 0.25) is 0 Å². The Kier molecular flexibility index (Phi) is 2.28. The van der Waals surface area contributed by atoms with Crippen LogP contribution in [-0.2, 0) is 11.4 Å². The summed E-state index contributed by atoms with van der Waals surface area (Å²) in [6.07, 6.45) is 2.39. The van der Waals surface area contributed by atoms with Crippen molar-refractivity contribution in [2.45, 2.75) is 44.4 Å². The molecule has 10 heavy (non-hydrogen) atoms. The van der Waals surface area contributed by atoms with E-state index in [4.69, 9.17) is 0 Å². The van der Waals surface area contributed by atoms with Crippen LogP contribution in [0.1, 0.15) is 33.6 Å². The highest BCUT2D eigenvalue weighted by Gasteiger charge is 2.33. The first-order chi connectivity index (χ1) is 4.50. The summed E-state index contributed by atoms with van der Waals surface area (Å²) in [6, 6.07) is 0.542. The van der Waals surface area contributed by atoms with Crippen LogP contribution in [0.4, 0.5) is 0 Å². The van der Waals surface area contributed by atoms with Gasteiger partial charge in [0, 0.05) is 11.4 Å². The fraction of sp³-hybridized carbons (Fsp3) is 1.00. The van der Waals surface area contributed by atoms with Crippen LogP contribution >= 0.6 is 0 Å². The first kappa shape index (κ1) is 8.37. The van der Waals surface area contributed by atoms with Crippen LogP contribution in [0.5, 0.6) is 0 Å². The van der Waals surface area contributed by atoms with Gasteiger partial charge in [-0.3, -0.25) is 0 Å². The zero-order valence-electron chi connectivity index (χ0n) is 6.81. The third kappa shape index (κ3) is 2.48. The van der Waals surface area contributed by atoms with E-state index in [-0.39, 0.29) is 4.75 Å². The van der Waals surface area contributed by atoms with E-state index in [1.54, 1.807) is 0 Å². The summed E-state index contributed by atoms with van der Waals surface area (Å²) in [5.74, 6) is 0. The van der Waals surface area contributed by atoms with Crippen molar-refractivity contribution in [3.05, 3.63) is 0 Å². The molecule has 3 heteroatoms. The Balaban J connectivity index is 2.25. The van der Waals surface area contributed by atoms with E-state index >= 15 is 0 Å². The molecule has 2 nitrogen and oxygen atoms in total. The van der Waals surface area contributed by atoms with Crippen molar-refractivity contribution in [2.24, 2.45) is 0 Å². The standard InChI is InChI=1S/C7H15NOS/c1-7(2,3)10(9)8-6-4-5-6/h6,8H,4-5H2,1-3H3. The third-order valence-corrected chi connectivity index (χ3v) is 3.07. The molecule has 1 aliphatic carbocycles. The van der Waals surface area contributed by atoms with E-state index in [1.807, 2.05) is 20.8 Å². The summed E-state index contributed by atoms with van der Waals surface area (Å²) in [5, 5.41) is 0. The van der Waals surface area contributed by atoms with Crippen molar-refractivity contribution in [1.82, 2.24) is 4.72 Å². The Labute approximate surface area is 65.7 Å². The number of nitrogens with one attached hydrogen (secondary N) is 1. The zero-order chi connectivity index (χ0) is 7.78. The zero-order valence-corrected chi connectivity index (χ0v) is 7.62. The predicted molar refractivity (Wildman–Crippen MR) is 44.1 cm³/mol. The normalized spacial score (nSPS) is 22.8. The summed E-state index contributed by atoms with van der Waals surface area (Å²) in [5.41, 5.74) is 0. The number of hydrogen-bond donors (Lipinski definition) is 1. The van der Waals surface area contributed by atoms with Crippen molar-refractivity contribution in [1.29, 1.82) is 0 Å². The molecule has 1 saturated carbocycles. The largest absolute Gasteiger partial charge is 0.598 e. The van der Waals surface area contributed by atoms with Crippen LogP contribution in [0.25, 0.3) is 0 Å². The minimum Gasteiger partial charge on any atom is -0.598 e. The Hall–Kier alpha value is 0.270. The van der Waals surface area contributed by atoms with Crippen LogP contribution in [0, 0.1) is 0 Å². The minimum atomic E-state index is -0.855. The maximum absolute atomic E-state index is 11.3.